The summed E-state index contributed by atoms with van der Waals surface area (Å²) in [4.78, 5) is 8.96. The summed E-state index contributed by atoms with van der Waals surface area (Å²) in [6, 6.07) is 17.4. The van der Waals surface area contributed by atoms with E-state index < -0.39 is 8.32 Å². The molecule has 44 heavy (non-hydrogen) atoms. The molecule has 0 spiro atoms. The van der Waals surface area contributed by atoms with Crippen LogP contribution >= 0.6 is 11.8 Å². The second-order valence-corrected chi connectivity index (χ2v) is 17.7. The second-order valence-electron chi connectivity index (χ2n) is 12.0. The highest BCUT2D eigenvalue weighted by atomic mass is 32.2. The fourth-order valence-electron chi connectivity index (χ4n) is 4.25. The first-order valence-corrected chi connectivity index (χ1v) is 18.0. The molecule has 0 bridgehead atoms. The molecular formula is C33H36FN5O3SSi. The van der Waals surface area contributed by atoms with Crippen LogP contribution in [0.4, 0.5) is 10.2 Å². The summed E-state index contributed by atoms with van der Waals surface area (Å²) < 4.78 is 31.5. The number of ether oxygens (including phenoxy) is 1. The third-order valence-electron chi connectivity index (χ3n) is 7.67. The van der Waals surface area contributed by atoms with Crippen LogP contribution in [0.1, 0.15) is 50.3 Å². The summed E-state index contributed by atoms with van der Waals surface area (Å²) in [5.41, 5.74) is 8.95. The molecule has 0 saturated heterocycles. The van der Waals surface area contributed by atoms with Crippen LogP contribution in [0.2, 0.25) is 18.1 Å². The maximum absolute atomic E-state index is 13.3. The Bertz CT molecular complexity index is 1720. The minimum absolute atomic E-state index is 0.0322. The number of aryl methyl sites for hydroxylation is 1. The van der Waals surface area contributed by atoms with Crippen LogP contribution < -0.4 is 10.5 Å². The number of hydrogen-bond acceptors (Lipinski definition) is 9. The van der Waals surface area contributed by atoms with Crippen molar-refractivity contribution in [2.45, 2.75) is 69.6 Å². The first kappa shape index (κ1) is 32.7. The third-order valence-corrected chi connectivity index (χ3v) is 13.3. The number of nitrogen functional groups attached to an aromatic ring is 1. The number of benzene rings is 2. The van der Waals surface area contributed by atoms with Gasteiger partial charge in [0.2, 0.25) is 5.89 Å². The molecule has 2 aromatic heterocycles. The van der Waals surface area contributed by atoms with Gasteiger partial charge in [-0.05, 0) is 73.9 Å². The summed E-state index contributed by atoms with van der Waals surface area (Å²) in [6.45, 7) is 15.2. The number of thioether (sulfide) groups is 1. The third kappa shape index (κ3) is 7.30. The number of hydrogen-bond donors (Lipinski definition) is 1. The zero-order chi connectivity index (χ0) is 32.2. The van der Waals surface area contributed by atoms with Gasteiger partial charge in [-0.15, -0.1) is 0 Å². The number of oxazole rings is 1. The molecule has 8 nitrogen and oxygen atoms in total. The number of halogens is 1. The first-order valence-electron chi connectivity index (χ1n) is 14.1. The highest BCUT2D eigenvalue weighted by Crippen LogP contribution is 2.39. The van der Waals surface area contributed by atoms with Gasteiger partial charge < -0.3 is 19.3 Å². The van der Waals surface area contributed by atoms with Crippen molar-refractivity contribution < 1.29 is 18.0 Å². The number of nitrogens with two attached hydrogens (primary N) is 1. The zero-order valence-electron chi connectivity index (χ0n) is 26.0. The highest BCUT2D eigenvalue weighted by Gasteiger charge is 2.38. The van der Waals surface area contributed by atoms with Crippen molar-refractivity contribution in [2.24, 2.45) is 0 Å². The minimum Gasteiger partial charge on any atom is -0.491 e. The van der Waals surface area contributed by atoms with E-state index in [4.69, 9.17) is 19.3 Å². The number of nitriles is 2. The smallest absolute Gasteiger partial charge is 0.226 e. The Morgan fingerprint density at radius 3 is 2.20 bits per heavy atom. The molecule has 0 aliphatic heterocycles. The summed E-state index contributed by atoms with van der Waals surface area (Å²) in [5.74, 6) is 1.63. The number of pyridine rings is 1. The molecule has 4 rings (SSSR count). The van der Waals surface area contributed by atoms with Gasteiger partial charge in [0.05, 0.1) is 17.4 Å². The Morgan fingerprint density at radius 1 is 1.00 bits per heavy atom. The molecule has 0 saturated carbocycles. The Hall–Kier alpha value is -4.16. The molecule has 0 aliphatic rings. The second kappa shape index (κ2) is 13.2. The number of rotatable bonds is 10. The van der Waals surface area contributed by atoms with E-state index in [1.165, 1.54) is 23.9 Å². The number of anilines is 1. The van der Waals surface area contributed by atoms with E-state index in [1.54, 1.807) is 43.3 Å². The van der Waals surface area contributed by atoms with Crippen LogP contribution in [0.3, 0.4) is 0 Å². The predicted molar refractivity (Wildman–Crippen MR) is 173 cm³/mol. The minimum atomic E-state index is -1.92. The molecular weight excluding hydrogens is 594 g/mol. The van der Waals surface area contributed by atoms with E-state index >= 15 is 0 Å². The van der Waals surface area contributed by atoms with Crippen molar-refractivity contribution in [3.05, 3.63) is 76.9 Å². The SMILES string of the molecule is Cc1oc(-c2ccc(F)cc2)nc1CSc1nc(N)c(C#N)c(-c2ccc(OC[C@H](C)O[Si](C)(C)C(C)(C)C)cc2)c1C#N. The van der Waals surface area contributed by atoms with Crippen LogP contribution in [0.15, 0.2) is 58.0 Å². The summed E-state index contributed by atoms with van der Waals surface area (Å²) in [7, 11) is -1.92. The van der Waals surface area contributed by atoms with E-state index in [-0.39, 0.29) is 33.9 Å². The van der Waals surface area contributed by atoms with Gasteiger partial charge in [0.15, 0.2) is 8.32 Å². The molecule has 228 valence electrons. The van der Waals surface area contributed by atoms with E-state index in [0.29, 0.717) is 57.2 Å². The van der Waals surface area contributed by atoms with E-state index in [1.807, 2.05) is 6.92 Å². The molecule has 1 atom stereocenters. The van der Waals surface area contributed by atoms with Crippen molar-refractivity contribution in [2.75, 3.05) is 12.3 Å². The summed E-state index contributed by atoms with van der Waals surface area (Å²) in [6.07, 6.45) is -0.0781. The fraction of sp³-hybridized carbons (Fsp3) is 0.333. The van der Waals surface area contributed by atoms with Gasteiger partial charge >= 0.3 is 0 Å². The number of nitrogens with zero attached hydrogens (tertiary/aromatic N) is 4. The van der Waals surface area contributed by atoms with Crippen molar-refractivity contribution in [3.63, 3.8) is 0 Å². The van der Waals surface area contributed by atoms with E-state index in [9.17, 15) is 14.9 Å². The molecule has 2 N–H and O–H groups in total. The zero-order valence-corrected chi connectivity index (χ0v) is 27.8. The van der Waals surface area contributed by atoms with Crippen molar-refractivity contribution in [1.82, 2.24) is 9.97 Å². The highest BCUT2D eigenvalue weighted by molar-refractivity contribution is 7.98. The molecule has 0 unspecified atom stereocenters. The molecule has 2 heterocycles. The first-order chi connectivity index (χ1) is 20.7. The van der Waals surface area contributed by atoms with Gasteiger partial charge in [-0.1, -0.05) is 44.7 Å². The predicted octanol–water partition coefficient (Wildman–Crippen LogP) is 8.26. The monoisotopic (exact) mass is 629 g/mol. The fourth-order valence-corrected chi connectivity index (χ4v) is 6.67. The molecule has 0 amide bonds. The average Bonchev–Trinajstić information content (AvgIpc) is 3.34. The van der Waals surface area contributed by atoms with Crippen molar-refractivity contribution >= 4 is 25.9 Å². The quantitative estimate of drug-likeness (QED) is 0.136. The Kier molecular flexibility index (Phi) is 9.84. The average molecular weight is 630 g/mol. The van der Waals surface area contributed by atoms with Crippen molar-refractivity contribution in [3.8, 4) is 40.5 Å². The van der Waals surface area contributed by atoms with Crippen LogP contribution in [-0.2, 0) is 10.2 Å². The Balaban J connectivity index is 1.54. The molecule has 0 fully saturated rings. The van der Waals surface area contributed by atoms with Gasteiger partial charge in [-0.3, -0.25) is 0 Å². The van der Waals surface area contributed by atoms with Gasteiger partial charge in [-0.2, -0.15) is 10.5 Å². The molecule has 0 radical (unpaired) electrons. The lowest BCUT2D eigenvalue weighted by molar-refractivity contribution is 0.129. The van der Waals surface area contributed by atoms with Crippen LogP contribution in [-0.4, -0.2) is 31.0 Å². The largest absolute Gasteiger partial charge is 0.491 e. The van der Waals surface area contributed by atoms with Crippen LogP contribution in [0.5, 0.6) is 5.75 Å². The maximum Gasteiger partial charge on any atom is 0.226 e. The van der Waals surface area contributed by atoms with E-state index in [2.05, 4.69) is 56.0 Å². The van der Waals surface area contributed by atoms with Crippen LogP contribution in [0.25, 0.3) is 22.6 Å². The standard InChI is InChI=1S/C33H36FN5O3SSi/c1-20(42-44(6,7)33(3,4)5)18-40-25-14-10-22(11-15-25)29-26(16-35)30(37)39-32(27(29)17-36)43-19-28-21(2)41-31(38-28)23-8-12-24(34)13-9-23/h8-15,20H,18-19H2,1-7H3,(H2,37,39)/t20-/m0/s1. The lowest BCUT2D eigenvalue weighted by Crippen LogP contribution is -2.44. The Morgan fingerprint density at radius 2 is 1.61 bits per heavy atom. The lowest BCUT2D eigenvalue weighted by atomic mass is 9.97. The Labute approximate surface area is 263 Å². The number of aromatic nitrogens is 2. The summed E-state index contributed by atoms with van der Waals surface area (Å²) >= 11 is 1.27. The van der Waals surface area contributed by atoms with Gasteiger partial charge in [0.1, 0.15) is 52.5 Å². The lowest BCUT2D eigenvalue weighted by Gasteiger charge is -2.38. The maximum atomic E-state index is 13.3. The normalized spacial score (nSPS) is 12.4. The van der Waals surface area contributed by atoms with Gasteiger partial charge in [0.25, 0.3) is 0 Å². The molecule has 0 aliphatic carbocycles. The van der Waals surface area contributed by atoms with E-state index in [0.717, 1.165) is 0 Å². The molecule has 11 heteroatoms. The molecule has 4 aromatic rings. The molecule has 2 aromatic carbocycles. The summed E-state index contributed by atoms with van der Waals surface area (Å²) in [5, 5.41) is 20.6. The van der Waals surface area contributed by atoms with Gasteiger partial charge in [-0.25, -0.2) is 14.4 Å². The van der Waals surface area contributed by atoms with Gasteiger partial charge in [0, 0.05) is 16.9 Å². The van der Waals surface area contributed by atoms with Crippen LogP contribution in [0, 0.1) is 35.4 Å². The topological polar surface area (TPSA) is 131 Å². The van der Waals surface area contributed by atoms with Crippen molar-refractivity contribution in [1.29, 1.82) is 10.5 Å².